The van der Waals surface area contributed by atoms with Crippen molar-refractivity contribution in [2.45, 2.75) is 297 Å². The van der Waals surface area contributed by atoms with Gasteiger partial charge in [-0.3, -0.25) is 0 Å². The molecule has 0 aromatic rings. The average molecular weight is 1270 g/mol. The number of unbranched alkanes of at least 4 members (excludes halogenated alkanes) is 32. The van der Waals surface area contributed by atoms with Gasteiger partial charge < -0.3 is 0 Å². The number of rotatable bonds is 64. The third kappa shape index (κ3) is 52.5. The van der Waals surface area contributed by atoms with E-state index in [4.69, 9.17) is 63.2 Å². The van der Waals surface area contributed by atoms with Gasteiger partial charge in [-0.2, -0.15) is 0 Å². The summed E-state index contributed by atoms with van der Waals surface area (Å²) in [5, 5.41) is 0. The molecule has 0 saturated heterocycles. The Kier molecular flexibility index (Phi) is 61.2. The van der Waals surface area contributed by atoms with Crippen LogP contribution in [0, 0.1) is 5.41 Å². The first-order chi connectivity index (χ1) is 38.7. The Morgan fingerprint density at radius 1 is 0.329 bits per heavy atom. The predicted octanol–water partition coefficient (Wildman–Crippen LogP) is 16.5. The van der Waals surface area contributed by atoms with Crippen molar-refractivity contribution >= 4 is 70.3 Å². The van der Waals surface area contributed by atoms with Gasteiger partial charge in [0, 0.05) is 13.2 Å². The normalized spacial score (nSPS) is 12.4. The molecule has 0 aromatic carbocycles. The topological polar surface area (TPSA) is 142 Å². The number of esters is 4. The second-order valence-corrected chi connectivity index (χ2v) is 30.5. The van der Waals surface area contributed by atoms with Crippen molar-refractivity contribution in [1.82, 2.24) is 0 Å². The molecule has 0 heterocycles. The Balaban J connectivity index is 5.49. The molecule has 0 bridgehead atoms. The van der Waals surface area contributed by atoms with Crippen molar-refractivity contribution < 1.29 is 57.1 Å². The molecule has 2 unspecified atom stereocenters. The molecular formula is C64H122O12S2Sn. The van der Waals surface area contributed by atoms with E-state index in [9.17, 15) is 19.2 Å². The SMILES string of the molecule is CCCCCCCCCCCCCCCCCCOC(=O)C[CH](S)[Sn][CH](S)C(CCC(=O)OCCOCCOCCCC)(CCC(=O)OCCOCCOCCCC)C(=O)OCCCCCCCCCCCCCCCCCC. The molecule has 0 rings (SSSR count). The maximum atomic E-state index is 14.6. The van der Waals surface area contributed by atoms with E-state index in [-0.39, 0.29) is 74.4 Å². The third-order valence-corrected chi connectivity index (χ3v) is 21.5. The minimum atomic E-state index is -1.82. The van der Waals surface area contributed by atoms with Crippen LogP contribution in [0.4, 0.5) is 0 Å². The number of ether oxygens (including phenoxy) is 8. The summed E-state index contributed by atoms with van der Waals surface area (Å²) in [5.74, 6) is -1.76. The zero-order valence-corrected chi connectivity index (χ0v) is 56.1. The molecule has 79 heavy (non-hydrogen) atoms. The number of carbonyl (C=O) groups is 4. The van der Waals surface area contributed by atoms with Crippen LogP contribution < -0.4 is 0 Å². The van der Waals surface area contributed by atoms with Crippen LogP contribution in [0.25, 0.3) is 0 Å². The minimum absolute atomic E-state index is 0.0589. The van der Waals surface area contributed by atoms with E-state index in [0.717, 1.165) is 70.6 Å². The van der Waals surface area contributed by atoms with Gasteiger partial charge in [-0.15, -0.1) is 0 Å². The van der Waals surface area contributed by atoms with Crippen molar-refractivity contribution in [3.63, 3.8) is 0 Å². The second kappa shape index (κ2) is 61.8. The zero-order valence-electron chi connectivity index (χ0n) is 51.4. The Morgan fingerprint density at radius 3 is 0.949 bits per heavy atom. The molecule has 15 heteroatoms. The van der Waals surface area contributed by atoms with Crippen molar-refractivity contribution in [2.75, 3.05) is 79.3 Å². The van der Waals surface area contributed by atoms with E-state index in [1.165, 1.54) is 161 Å². The van der Waals surface area contributed by atoms with Crippen LogP contribution in [0.2, 0.25) is 0 Å². The van der Waals surface area contributed by atoms with Crippen LogP contribution >= 0.6 is 25.3 Å². The molecule has 0 N–H and O–H groups in total. The van der Waals surface area contributed by atoms with Crippen molar-refractivity contribution in [1.29, 1.82) is 0 Å². The Morgan fingerprint density at radius 2 is 0.608 bits per heavy atom. The molecule has 0 spiro atoms. The molecule has 0 fully saturated rings. The summed E-state index contributed by atoms with van der Waals surface area (Å²) in [6, 6.07) is 0. The van der Waals surface area contributed by atoms with Crippen molar-refractivity contribution in [3.05, 3.63) is 0 Å². The summed E-state index contributed by atoms with van der Waals surface area (Å²) >= 11 is 8.21. The van der Waals surface area contributed by atoms with Gasteiger partial charge in [-0.25, -0.2) is 0 Å². The molecule has 0 aromatic heterocycles. The van der Waals surface area contributed by atoms with Gasteiger partial charge in [-0.1, -0.05) is 156 Å². The molecule has 0 aliphatic carbocycles. The molecule has 2 atom stereocenters. The van der Waals surface area contributed by atoms with Crippen LogP contribution in [0.15, 0.2) is 0 Å². The average Bonchev–Trinajstić information content (AvgIpc) is 3.45. The molecule has 0 saturated carbocycles. The van der Waals surface area contributed by atoms with Crippen LogP contribution in [-0.2, 0) is 57.1 Å². The zero-order chi connectivity index (χ0) is 57.8. The minimum Gasteiger partial charge on any atom is -0.0654 e. The molecule has 0 amide bonds. The van der Waals surface area contributed by atoms with E-state index in [1.807, 2.05) is 0 Å². The molecule has 0 aliphatic rings. The fourth-order valence-electron chi connectivity index (χ4n) is 9.49. The summed E-state index contributed by atoms with van der Waals surface area (Å²) in [6.45, 7) is 13.0. The van der Waals surface area contributed by atoms with Gasteiger partial charge in [0.25, 0.3) is 0 Å². The van der Waals surface area contributed by atoms with Gasteiger partial charge in [0.2, 0.25) is 0 Å². The van der Waals surface area contributed by atoms with E-state index in [1.54, 1.807) is 0 Å². The standard InChI is InChI=1S/C43H81O10S.C21H41O2S.Sn/c1-4-7-10-11-12-13-14-15-16-17-18-19-20-21-22-23-30-53-42(46)43(39-54,26-24-40(44)51-37-35-49-33-31-47-28-8-5-2)27-25-41(45)52-38-36-50-34-32-48-29-9-6-3;1-2-3-4-5-6-7-8-9-10-11-12-13-14-15-16-17-19-23-21(22)18-20-24;/h39,54H,4-38H2,1-3H3;20,24H,2-19H2,1H3;. The Hall–Kier alpha value is -0.781. The fourth-order valence-corrected chi connectivity index (χ4v) is 16.9. The second-order valence-electron chi connectivity index (χ2n) is 22.0. The number of carbonyl (C=O) groups excluding carboxylic acids is 4. The van der Waals surface area contributed by atoms with Gasteiger partial charge in [0.15, 0.2) is 0 Å². The Bertz CT molecular complexity index is 1310. The first kappa shape index (κ1) is 78.2. The van der Waals surface area contributed by atoms with Crippen LogP contribution in [-0.4, -0.2) is 131 Å². The summed E-state index contributed by atoms with van der Waals surface area (Å²) in [5.41, 5.74) is -1.32. The van der Waals surface area contributed by atoms with Gasteiger partial charge in [0.05, 0.1) is 0 Å². The van der Waals surface area contributed by atoms with E-state index >= 15 is 0 Å². The summed E-state index contributed by atoms with van der Waals surface area (Å²) in [7, 11) is 0. The van der Waals surface area contributed by atoms with Crippen molar-refractivity contribution in [3.8, 4) is 0 Å². The number of hydrogen-bond acceptors (Lipinski definition) is 14. The predicted molar refractivity (Wildman–Crippen MR) is 333 cm³/mol. The first-order valence-corrected chi connectivity index (χ1v) is 37.1. The smallest absolute Gasteiger partial charge is 0.0654 e. The Labute approximate surface area is 506 Å². The third-order valence-electron chi connectivity index (χ3n) is 14.7. The first-order valence-electron chi connectivity index (χ1n) is 32.7. The van der Waals surface area contributed by atoms with Gasteiger partial charge in [-0.05, 0) is 12.8 Å². The van der Waals surface area contributed by atoms with Crippen LogP contribution in [0.3, 0.4) is 0 Å². The fraction of sp³-hybridized carbons (Fsp3) is 0.938. The molecule has 0 aliphatic heterocycles. The quantitative estimate of drug-likeness (QED) is 0.0197. The summed E-state index contributed by atoms with van der Waals surface area (Å²) in [4.78, 5) is 54.4. The van der Waals surface area contributed by atoms with E-state index < -0.39 is 47.7 Å². The molecule has 2 radical (unpaired) electrons. The van der Waals surface area contributed by atoms with Gasteiger partial charge in [0.1, 0.15) is 0 Å². The molecule has 12 nitrogen and oxygen atoms in total. The molecular weight excluding hydrogens is 1140 g/mol. The maximum absolute atomic E-state index is 14.6. The van der Waals surface area contributed by atoms with E-state index in [0.29, 0.717) is 46.2 Å². The number of thiol groups is 2. The monoisotopic (exact) mass is 1270 g/mol. The van der Waals surface area contributed by atoms with Crippen LogP contribution in [0.5, 0.6) is 0 Å². The molecule has 466 valence electrons. The van der Waals surface area contributed by atoms with Crippen molar-refractivity contribution in [2.24, 2.45) is 5.41 Å². The summed E-state index contributed by atoms with van der Waals surface area (Å²) < 4.78 is 44.3. The van der Waals surface area contributed by atoms with E-state index in [2.05, 4.69) is 27.7 Å². The number of hydrogen-bond donors (Lipinski definition) is 2. The summed E-state index contributed by atoms with van der Waals surface area (Å²) in [6.07, 6.45) is 44.5. The van der Waals surface area contributed by atoms with Gasteiger partial charge >= 0.3 is 327 Å². The van der Waals surface area contributed by atoms with Crippen LogP contribution in [0.1, 0.15) is 291 Å².